The summed E-state index contributed by atoms with van der Waals surface area (Å²) in [7, 11) is 1.50. The van der Waals surface area contributed by atoms with Crippen molar-refractivity contribution in [3.63, 3.8) is 0 Å². The highest BCUT2D eigenvalue weighted by molar-refractivity contribution is 8.00. The van der Waals surface area contributed by atoms with E-state index in [1.807, 2.05) is 12.1 Å². The number of thiazole rings is 1. The Balaban J connectivity index is 1.54. The number of thioether (sulfide) groups is 1. The van der Waals surface area contributed by atoms with Gasteiger partial charge in [-0.1, -0.05) is 23.5 Å². The van der Waals surface area contributed by atoms with Crippen LogP contribution in [0.3, 0.4) is 0 Å². The van der Waals surface area contributed by atoms with Crippen LogP contribution in [0.15, 0.2) is 28.0 Å². The SMILES string of the molecule is COc1cccc([C@@H]2c3sc(=O)[nH]c3S[C@@H]3[C@H]4C[C@@H]([C@@H]5C(=O)OC(=O)[C@@H]45)[C@@H]23)c1O. The summed E-state index contributed by atoms with van der Waals surface area (Å²) in [6.45, 7) is 0. The molecule has 2 bridgehead atoms. The quantitative estimate of drug-likeness (QED) is 0.555. The molecule has 6 rings (SSSR count). The number of aromatic amines is 1. The maximum Gasteiger partial charge on any atom is 0.317 e. The topological polar surface area (TPSA) is 106 Å². The fourth-order valence-electron chi connectivity index (χ4n) is 6.12. The van der Waals surface area contributed by atoms with E-state index >= 15 is 0 Å². The second-order valence-corrected chi connectivity index (χ2v) is 10.3. The zero-order valence-electron chi connectivity index (χ0n) is 15.3. The lowest BCUT2D eigenvalue weighted by atomic mass is 9.68. The number of carbonyl (C=O) groups excluding carboxylic acids is 2. The number of aromatic nitrogens is 1. The summed E-state index contributed by atoms with van der Waals surface area (Å²) in [5, 5.41) is 11.8. The molecule has 150 valence electrons. The van der Waals surface area contributed by atoms with E-state index < -0.39 is 17.9 Å². The van der Waals surface area contributed by atoms with Crippen molar-refractivity contribution < 1.29 is 24.2 Å². The van der Waals surface area contributed by atoms with Crippen molar-refractivity contribution in [2.75, 3.05) is 7.11 Å². The molecule has 2 aromatic rings. The van der Waals surface area contributed by atoms with Gasteiger partial charge in [0.05, 0.1) is 24.0 Å². The Morgan fingerprint density at radius 3 is 2.69 bits per heavy atom. The lowest BCUT2D eigenvalue weighted by molar-refractivity contribution is -0.154. The highest BCUT2D eigenvalue weighted by atomic mass is 32.2. The molecule has 2 N–H and O–H groups in total. The molecule has 0 unspecified atom stereocenters. The number of rotatable bonds is 2. The summed E-state index contributed by atoms with van der Waals surface area (Å²) in [5.41, 5.74) is 0.693. The minimum Gasteiger partial charge on any atom is -0.504 e. The fourth-order valence-corrected chi connectivity index (χ4v) is 9.00. The normalized spacial score (nSPS) is 36.5. The Labute approximate surface area is 173 Å². The lowest BCUT2D eigenvalue weighted by Crippen LogP contribution is -2.42. The second kappa shape index (κ2) is 5.89. The van der Waals surface area contributed by atoms with Crippen LogP contribution >= 0.6 is 23.1 Å². The number of H-pyrrole nitrogens is 1. The first-order valence-corrected chi connectivity index (χ1v) is 11.2. The zero-order chi connectivity index (χ0) is 20.0. The number of phenolic OH excluding ortho intramolecular Hbond substituents is 1. The minimum absolute atomic E-state index is 0.0117. The van der Waals surface area contributed by atoms with Crippen LogP contribution in [-0.4, -0.2) is 34.4 Å². The van der Waals surface area contributed by atoms with Gasteiger partial charge in [0, 0.05) is 21.6 Å². The average molecular weight is 431 g/mol. The second-order valence-electron chi connectivity index (χ2n) is 8.10. The first-order chi connectivity index (χ1) is 14.0. The number of hydrogen-bond acceptors (Lipinski definition) is 8. The number of carbonyl (C=O) groups is 2. The number of nitrogens with one attached hydrogen (secondary N) is 1. The Morgan fingerprint density at radius 1 is 1.17 bits per heavy atom. The van der Waals surface area contributed by atoms with Crippen molar-refractivity contribution in [1.82, 2.24) is 4.98 Å². The van der Waals surface area contributed by atoms with E-state index in [1.165, 1.54) is 7.11 Å². The van der Waals surface area contributed by atoms with Gasteiger partial charge in [-0.3, -0.25) is 14.4 Å². The van der Waals surface area contributed by atoms with Crippen molar-refractivity contribution in [1.29, 1.82) is 0 Å². The molecule has 0 spiro atoms. The molecule has 9 heteroatoms. The van der Waals surface area contributed by atoms with Crippen LogP contribution in [-0.2, 0) is 14.3 Å². The van der Waals surface area contributed by atoms with E-state index in [1.54, 1.807) is 17.8 Å². The summed E-state index contributed by atoms with van der Waals surface area (Å²) in [6.07, 6.45) is 0.791. The average Bonchev–Trinajstić information content (AvgIpc) is 3.41. The third-order valence-electron chi connectivity index (χ3n) is 7.04. The molecule has 3 heterocycles. The van der Waals surface area contributed by atoms with E-state index in [0.717, 1.165) is 27.7 Å². The van der Waals surface area contributed by atoms with Gasteiger partial charge in [0.15, 0.2) is 11.5 Å². The van der Waals surface area contributed by atoms with Crippen molar-refractivity contribution in [3.8, 4) is 11.5 Å². The smallest absolute Gasteiger partial charge is 0.317 e. The Hall–Kier alpha value is -2.26. The lowest BCUT2D eigenvalue weighted by Gasteiger charge is -2.42. The number of aromatic hydroxyl groups is 1. The van der Waals surface area contributed by atoms with Gasteiger partial charge in [-0.15, -0.1) is 11.8 Å². The zero-order valence-corrected chi connectivity index (χ0v) is 16.9. The molecule has 2 aliphatic heterocycles. The summed E-state index contributed by atoms with van der Waals surface area (Å²) in [6, 6.07) is 5.37. The standard InChI is InChI=1S/C20H17NO6S2/c1-26-9-4-2-3-6(14(9)22)10-11-7-5-8(13-12(7)18(23)27-19(13)24)15(11)28-17-16(10)29-20(25)21-17/h2-4,7-8,10-13,15,22H,5H2,1H3,(H,21,25)/t7-,8+,10+,11+,12+,13+,15-/m1/s1. The predicted octanol–water partition coefficient (Wildman–Crippen LogP) is 2.34. The molecule has 29 heavy (non-hydrogen) atoms. The maximum atomic E-state index is 12.4. The number of benzene rings is 1. The summed E-state index contributed by atoms with van der Waals surface area (Å²) in [4.78, 5) is 40.6. The van der Waals surface area contributed by atoms with Crippen LogP contribution in [0.25, 0.3) is 0 Å². The van der Waals surface area contributed by atoms with Gasteiger partial charge in [-0.2, -0.15) is 0 Å². The fraction of sp³-hybridized carbons (Fsp3) is 0.450. The van der Waals surface area contributed by atoms with E-state index in [2.05, 4.69) is 4.98 Å². The minimum atomic E-state index is -0.419. The summed E-state index contributed by atoms with van der Waals surface area (Å²) < 4.78 is 10.3. The van der Waals surface area contributed by atoms with Crippen molar-refractivity contribution in [3.05, 3.63) is 38.3 Å². The number of para-hydroxylation sites is 1. The molecule has 0 amide bonds. The van der Waals surface area contributed by atoms with Crippen molar-refractivity contribution in [2.24, 2.45) is 29.6 Å². The molecule has 0 radical (unpaired) electrons. The monoisotopic (exact) mass is 431 g/mol. The number of methoxy groups -OCH3 is 1. The van der Waals surface area contributed by atoms with Gasteiger partial charge < -0.3 is 19.6 Å². The third-order valence-corrected chi connectivity index (χ3v) is 9.63. The van der Waals surface area contributed by atoms with Gasteiger partial charge in [0.25, 0.3) is 0 Å². The van der Waals surface area contributed by atoms with Gasteiger partial charge in [-0.05, 0) is 30.2 Å². The number of hydrogen-bond donors (Lipinski definition) is 2. The molecule has 3 fully saturated rings. The highest BCUT2D eigenvalue weighted by Gasteiger charge is 2.69. The Morgan fingerprint density at radius 2 is 1.93 bits per heavy atom. The summed E-state index contributed by atoms with van der Waals surface area (Å²) >= 11 is 2.75. The Bertz CT molecular complexity index is 1120. The molecule has 7 atom stereocenters. The molecule has 1 aromatic carbocycles. The molecule has 1 aromatic heterocycles. The third kappa shape index (κ3) is 2.17. The van der Waals surface area contributed by atoms with E-state index in [-0.39, 0.29) is 45.5 Å². The van der Waals surface area contributed by atoms with Crippen LogP contribution in [0.5, 0.6) is 11.5 Å². The largest absolute Gasteiger partial charge is 0.504 e. The van der Waals surface area contributed by atoms with Gasteiger partial charge in [0.1, 0.15) is 0 Å². The van der Waals surface area contributed by atoms with E-state index in [4.69, 9.17) is 9.47 Å². The van der Waals surface area contributed by atoms with Crippen molar-refractivity contribution >= 4 is 35.0 Å². The number of ether oxygens (including phenoxy) is 2. The predicted molar refractivity (Wildman–Crippen MR) is 104 cm³/mol. The molecule has 2 aliphatic carbocycles. The maximum absolute atomic E-state index is 12.4. The van der Waals surface area contributed by atoms with Crippen LogP contribution in [0.2, 0.25) is 0 Å². The Kier molecular flexibility index (Phi) is 3.57. The van der Waals surface area contributed by atoms with E-state index in [9.17, 15) is 19.5 Å². The van der Waals surface area contributed by atoms with Crippen LogP contribution in [0.4, 0.5) is 0 Å². The first kappa shape index (κ1) is 17.6. The van der Waals surface area contributed by atoms with Gasteiger partial charge in [0.2, 0.25) is 0 Å². The van der Waals surface area contributed by atoms with Crippen LogP contribution < -0.4 is 9.61 Å². The molecular formula is C20H17NO6S2. The number of fused-ring (bicyclic) bond motifs is 9. The summed E-state index contributed by atoms with van der Waals surface area (Å²) in [5.74, 6) is -1.38. The first-order valence-electron chi connectivity index (χ1n) is 9.50. The van der Waals surface area contributed by atoms with Crippen LogP contribution in [0.1, 0.15) is 22.8 Å². The van der Waals surface area contributed by atoms with E-state index in [0.29, 0.717) is 11.3 Å². The number of phenols is 1. The van der Waals surface area contributed by atoms with Gasteiger partial charge in [-0.25, -0.2) is 0 Å². The molecule has 7 nitrogen and oxygen atoms in total. The van der Waals surface area contributed by atoms with Gasteiger partial charge >= 0.3 is 16.8 Å². The van der Waals surface area contributed by atoms with Crippen molar-refractivity contribution in [2.45, 2.75) is 22.6 Å². The molecular weight excluding hydrogens is 414 g/mol. The number of esters is 2. The number of cyclic esters (lactones) is 2. The molecule has 2 saturated carbocycles. The molecule has 1 saturated heterocycles. The van der Waals surface area contributed by atoms with Crippen LogP contribution in [0, 0.1) is 29.6 Å². The highest BCUT2D eigenvalue weighted by Crippen LogP contribution is 2.68. The molecule has 4 aliphatic rings.